The van der Waals surface area contributed by atoms with Gasteiger partial charge in [0.15, 0.2) is 0 Å². The fourth-order valence-electron chi connectivity index (χ4n) is 3.41. The van der Waals surface area contributed by atoms with E-state index in [4.69, 9.17) is 9.47 Å². The lowest BCUT2D eigenvalue weighted by atomic mass is 9.89. The Morgan fingerprint density at radius 1 is 1.70 bits per heavy atom. The molecule has 3 rings (SSSR count). The molecule has 1 spiro atoms. The standard InChI is InChI=1S/C14H20N2O3S/c1-18-7-11-3-2-4-14(11)9-16(5-6-19-14)13(17)12-8-20-10-15-12/h8,10-11H,2-7,9H2,1H3/t11-,14+/m0/s1. The van der Waals surface area contributed by atoms with E-state index in [9.17, 15) is 4.79 Å². The predicted octanol–water partition coefficient (Wildman–Crippen LogP) is 1.80. The molecule has 5 nitrogen and oxygen atoms in total. The van der Waals surface area contributed by atoms with E-state index in [1.54, 1.807) is 12.6 Å². The van der Waals surface area contributed by atoms with Crippen molar-refractivity contribution in [1.29, 1.82) is 0 Å². The van der Waals surface area contributed by atoms with Crippen LogP contribution in [0.1, 0.15) is 29.8 Å². The Balaban J connectivity index is 1.74. The quantitative estimate of drug-likeness (QED) is 0.853. The molecule has 2 fully saturated rings. The maximum absolute atomic E-state index is 12.4. The molecule has 20 heavy (non-hydrogen) atoms. The lowest BCUT2D eigenvalue weighted by molar-refractivity contribution is -0.130. The number of morpholine rings is 1. The maximum Gasteiger partial charge on any atom is 0.273 e. The van der Waals surface area contributed by atoms with E-state index >= 15 is 0 Å². The van der Waals surface area contributed by atoms with Crippen molar-refractivity contribution in [3.8, 4) is 0 Å². The number of hydrogen-bond donors (Lipinski definition) is 0. The van der Waals surface area contributed by atoms with E-state index in [1.807, 2.05) is 10.3 Å². The molecule has 0 radical (unpaired) electrons. The minimum absolute atomic E-state index is 0.0250. The molecule has 0 bridgehead atoms. The van der Waals surface area contributed by atoms with Gasteiger partial charge in [0, 0.05) is 25.0 Å². The number of rotatable bonds is 3. The second-order valence-electron chi connectivity index (χ2n) is 5.56. The van der Waals surface area contributed by atoms with Gasteiger partial charge in [-0.15, -0.1) is 11.3 Å². The fourth-order valence-corrected chi connectivity index (χ4v) is 3.94. The summed E-state index contributed by atoms with van der Waals surface area (Å²) >= 11 is 1.45. The summed E-state index contributed by atoms with van der Waals surface area (Å²) in [5, 5.41) is 1.81. The van der Waals surface area contributed by atoms with Gasteiger partial charge in [-0.1, -0.05) is 6.42 Å². The smallest absolute Gasteiger partial charge is 0.273 e. The van der Waals surface area contributed by atoms with Gasteiger partial charge in [-0.2, -0.15) is 0 Å². The first kappa shape index (κ1) is 14.0. The Morgan fingerprint density at radius 3 is 3.35 bits per heavy atom. The minimum atomic E-state index is -0.208. The van der Waals surface area contributed by atoms with Gasteiger partial charge < -0.3 is 14.4 Å². The first-order valence-electron chi connectivity index (χ1n) is 7.05. The summed E-state index contributed by atoms with van der Waals surface area (Å²) in [4.78, 5) is 18.5. The average molecular weight is 296 g/mol. The molecule has 1 saturated heterocycles. The van der Waals surface area contributed by atoms with E-state index in [1.165, 1.54) is 11.3 Å². The number of ether oxygens (including phenoxy) is 2. The molecule has 1 saturated carbocycles. The first-order chi connectivity index (χ1) is 9.75. The number of nitrogens with zero attached hydrogens (tertiary/aromatic N) is 2. The number of aromatic nitrogens is 1. The molecule has 1 amide bonds. The van der Waals surface area contributed by atoms with Gasteiger partial charge in [-0.05, 0) is 12.8 Å². The highest BCUT2D eigenvalue weighted by molar-refractivity contribution is 7.07. The largest absolute Gasteiger partial charge is 0.384 e. The van der Waals surface area contributed by atoms with Crippen molar-refractivity contribution < 1.29 is 14.3 Å². The molecule has 1 aliphatic carbocycles. The normalized spacial score (nSPS) is 30.1. The Labute approximate surface area is 122 Å². The number of amides is 1. The minimum Gasteiger partial charge on any atom is -0.384 e. The van der Waals surface area contributed by atoms with Crippen LogP contribution < -0.4 is 0 Å². The van der Waals surface area contributed by atoms with Gasteiger partial charge in [-0.25, -0.2) is 4.98 Å². The first-order valence-corrected chi connectivity index (χ1v) is 8.00. The summed E-state index contributed by atoms with van der Waals surface area (Å²) in [5.74, 6) is 0.413. The zero-order chi connectivity index (χ0) is 14.0. The second-order valence-corrected chi connectivity index (χ2v) is 6.28. The van der Waals surface area contributed by atoms with Crippen LogP contribution in [0, 0.1) is 5.92 Å². The Kier molecular flexibility index (Phi) is 4.05. The summed E-state index contributed by atoms with van der Waals surface area (Å²) in [5.41, 5.74) is 2.04. The zero-order valence-corrected chi connectivity index (χ0v) is 12.5. The molecule has 1 aromatic heterocycles. The van der Waals surface area contributed by atoms with Gasteiger partial charge in [0.05, 0.1) is 30.9 Å². The predicted molar refractivity (Wildman–Crippen MR) is 75.9 cm³/mol. The van der Waals surface area contributed by atoms with Gasteiger partial charge >= 0.3 is 0 Å². The molecule has 1 aromatic rings. The summed E-state index contributed by atoms with van der Waals surface area (Å²) in [6, 6.07) is 0. The molecule has 2 aliphatic rings. The van der Waals surface area contributed by atoms with Gasteiger partial charge in [0.1, 0.15) is 5.69 Å². The number of thiazole rings is 1. The molecular formula is C14H20N2O3S. The lowest BCUT2D eigenvalue weighted by Crippen LogP contribution is -2.56. The van der Waals surface area contributed by atoms with Crippen LogP contribution in [0.25, 0.3) is 0 Å². The van der Waals surface area contributed by atoms with Crippen molar-refractivity contribution in [3.63, 3.8) is 0 Å². The van der Waals surface area contributed by atoms with Crippen molar-refractivity contribution >= 4 is 17.2 Å². The van der Waals surface area contributed by atoms with Crippen molar-refractivity contribution in [2.24, 2.45) is 5.92 Å². The molecule has 0 unspecified atom stereocenters. The fraction of sp³-hybridized carbons (Fsp3) is 0.714. The van der Waals surface area contributed by atoms with E-state index in [-0.39, 0.29) is 11.5 Å². The van der Waals surface area contributed by atoms with E-state index in [2.05, 4.69) is 4.98 Å². The third-order valence-corrected chi connectivity index (χ3v) is 5.00. The molecule has 2 heterocycles. The van der Waals surface area contributed by atoms with Crippen molar-refractivity contribution in [1.82, 2.24) is 9.88 Å². The Hall–Kier alpha value is -0.980. The SMILES string of the molecule is COC[C@@H]1CCC[C@@]12CN(C(=O)c1cscn1)CCO2. The second kappa shape index (κ2) is 5.79. The summed E-state index contributed by atoms with van der Waals surface area (Å²) in [6.45, 7) is 2.63. The summed E-state index contributed by atoms with van der Waals surface area (Å²) < 4.78 is 11.4. The van der Waals surface area contributed by atoms with Crippen LogP contribution in [0.15, 0.2) is 10.9 Å². The monoisotopic (exact) mass is 296 g/mol. The highest BCUT2D eigenvalue weighted by Gasteiger charge is 2.47. The van der Waals surface area contributed by atoms with Crippen LogP contribution in [0.5, 0.6) is 0 Å². The number of carbonyl (C=O) groups excluding carboxylic acids is 1. The van der Waals surface area contributed by atoms with Crippen molar-refractivity contribution in [3.05, 3.63) is 16.6 Å². The van der Waals surface area contributed by atoms with E-state index in [0.717, 1.165) is 19.3 Å². The zero-order valence-electron chi connectivity index (χ0n) is 11.7. The summed E-state index contributed by atoms with van der Waals surface area (Å²) in [6.07, 6.45) is 3.28. The molecule has 0 N–H and O–H groups in total. The van der Waals surface area contributed by atoms with Crippen LogP contribution in [-0.4, -0.2) is 54.8 Å². The molecular weight excluding hydrogens is 276 g/mol. The summed E-state index contributed by atoms with van der Waals surface area (Å²) in [7, 11) is 1.73. The Bertz CT molecular complexity index is 465. The number of hydrogen-bond acceptors (Lipinski definition) is 5. The molecule has 110 valence electrons. The number of methoxy groups -OCH3 is 1. The van der Waals surface area contributed by atoms with Gasteiger partial charge in [0.25, 0.3) is 5.91 Å². The maximum atomic E-state index is 12.4. The van der Waals surface area contributed by atoms with Gasteiger partial charge in [0.2, 0.25) is 0 Å². The molecule has 1 aliphatic heterocycles. The topological polar surface area (TPSA) is 51.7 Å². The Morgan fingerprint density at radius 2 is 2.60 bits per heavy atom. The van der Waals surface area contributed by atoms with Crippen LogP contribution >= 0.6 is 11.3 Å². The third-order valence-electron chi connectivity index (χ3n) is 4.41. The van der Waals surface area contributed by atoms with Crippen molar-refractivity contribution in [2.45, 2.75) is 24.9 Å². The highest BCUT2D eigenvalue weighted by atomic mass is 32.1. The van der Waals surface area contributed by atoms with Crippen LogP contribution in [0.4, 0.5) is 0 Å². The molecule has 0 aromatic carbocycles. The van der Waals surface area contributed by atoms with Crippen LogP contribution in [0.3, 0.4) is 0 Å². The van der Waals surface area contributed by atoms with E-state index < -0.39 is 0 Å². The van der Waals surface area contributed by atoms with Crippen LogP contribution in [0.2, 0.25) is 0 Å². The van der Waals surface area contributed by atoms with Crippen LogP contribution in [-0.2, 0) is 9.47 Å². The van der Waals surface area contributed by atoms with E-state index in [0.29, 0.717) is 37.9 Å². The highest BCUT2D eigenvalue weighted by Crippen LogP contribution is 2.41. The lowest BCUT2D eigenvalue weighted by Gasteiger charge is -2.43. The average Bonchev–Trinajstić information content (AvgIpc) is 3.10. The van der Waals surface area contributed by atoms with Gasteiger partial charge in [-0.3, -0.25) is 4.79 Å². The number of carbonyl (C=O) groups is 1. The molecule has 6 heteroatoms. The molecule has 2 atom stereocenters. The third kappa shape index (κ3) is 2.47. The van der Waals surface area contributed by atoms with Crippen molar-refractivity contribution in [2.75, 3.05) is 33.4 Å².